The fourth-order valence-electron chi connectivity index (χ4n) is 3.28. The zero-order chi connectivity index (χ0) is 18.8. The van der Waals surface area contributed by atoms with E-state index in [1.807, 2.05) is 25.1 Å². The Morgan fingerprint density at radius 2 is 2.15 bits per heavy atom. The summed E-state index contributed by atoms with van der Waals surface area (Å²) in [6.07, 6.45) is 8.51. The lowest BCUT2D eigenvalue weighted by molar-refractivity contribution is -0.135. The van der Waals surface area contributed by atoms with Crippen LogP contribution >= 0.6 is 0 Å². The largest absolute Gasteiger partial charge is 0.504 e. The number of rotatable bonds is 3. The monoisotopic (exact) mass is 364 g/mol. The van der Waals surface area contributed by atoms with Crippen LogP contribution in [0.4, 0.5) is 0 Å². The third kappa shape index (κ3) is 3.36. The molecule has 2 aromatic heterocycles. The highest BCUT2D eigenvalue weighted by atomic mass is 16.5. The van der Waals surface area contributed by atoms with Crippen molar-refractivity contribution in [1.82, 2.24) is 19.4 Å². The summed E-state index contributed by atoms with van der Waals surface area (Å²) in [7, 11) is 0. The molecule has 3 heterocycles. The normalized spacial score (nSPS) is 14.8. The van der Waals surface area contributed by atoms with Gasteiger partial charge in [-0.3, -0.25) is 9.78 Å². The zero-order valence-corrected chi connectivity index (χ0v) is 14.9. The predicted molar refractivity (Wildman–Crippen MR) is 99.2 cm³/mol. The minimum absolute atomic E-state index is 0.0179. The van der Waals surface area contributed by atoms with E-state index in [1.165, 1.54) is 0 Å². The summed E-state index contributed by atoms with van der Waals surface area (Å²) in [4.78, 5) is 22.8. The van der Waals surface area contributed by atoms with Gasteiger partial charge in [0.05, 0.1) is 12.9 Å². The van der Waals surface area contributed by atoms with Crippen LogP contribution in [0.3, 0.4) is 0 Å². The number of aromatic nitrogens is 3. The van der Waals surface area contributed by atoms with Crippen molar-refractivity contribution in [2.75, 3.05) is 13.2 Å². The lowest BCUT2D eigenvalue weighted by Crippen LogP contribution is -2.37. The number of nitrogens with zero attached hydrogens (tertiary/aromatic N) is 4. The number of carbonyl (C=O) groups is 1. The van der Waals surface area contributed by atoms with Crippen molar-refractivity contribution in [3.05, 3.63) is 60.9 Å². The quantitative estimate of drug-likeness (QED) is 0.773. The minimum atomic E-state index is -0.357. The molecule has 27 heavy (non-hydrogen) atoms. The van der Waals surface area contributed by atoms with E-state index < -0.39 is 0 Å². The van der Waals surface area contributed by atoms with Crippen molar-refractivity contribution in [2.45, 2.75) is 19.5 Å². The smallest absolute Gasteiger partial charge is 0.245 e. The maximum Gasteiger partial charge on any atom is 0.245 e. The number of ether oxygens (including phenoxy) is 1. The number of imidazole rings is 1. The van der Waals surface area contributed by atoms with Crippen LogP contribution in [0, 0.1) is 0 Å². The van der Waals surface area contributed by atoms with Crippen molar-refractivity contribution < 1.29 is 14.6 Å². The summed E-state index contributed by atoms with van der Waals surface area (Å²) in [5, 5.41) is 10.4. The van der Waals surface area contributed by atoms with Crippen LogP contribution < -0.4 is 4.74 Å². The van der Waals surface area contributed by atoms with Gasteiger partial charge in [-0.25, -0.2) is 4.98 Å². The Balaban J connectivity index is 1.65. The number of carbonyl (C=O) groups excluding carboxylic acids is 1. The Bertz CT molecular complexity index is 941. The maximum atomic E-state index is 12.9. The molecule has 1 aliphatic rings. The highest BCUT2D eigenvalue weighted by Gasteiger charge is 2.26. The Kier molecular flexibility index (Phi) is 4.50. The highest BCUT2D eigenvalue weighted by Crippen LogP contribution is 2.37. The van der Waals surface area contributed by atoms with Crippen LogP contribution in [-0.4, -0.2) is 43.6 Å². The highest BCUT2D eigenvalue weighted by molar-refractivity contribution is 5.80. The first-order valence-electron chi connectivity index (χ1n) is 8.79. The van der Waals surface area contributed by atoms with Crippen molar-refractivity contribution in [1.29, 1.82) is 0 Å². The van der Waals surface area contributed by atoms with Crippen LogP contribution in [0.1, 0.15) is 18.5 Å². The van der Waals surface area contributed by atoms with Crippen LogP contribution in [-0.2, 0) is 11.3 Å². The topological polar surface area (TPSA) is 80.5 Å². The second kappa shape index (κ2) is 7.11. The summed E-state index contributed by atoms with van der Waals surface area (Å²) in [6, 6.07) is 7.03. The number of benzene rings is 1. The molecule has 3 aromatic rings. The van der Waals surface area contributed by atoms with E-state index >= 15 is 0 Å². The average molecular weight is 364 g/mol. The first-order chi connectivity index (χ1) is 13.1. The first-order valence-corrected chi connectivity index (χ1v) is 8.79. The molecule has 1 aliphatic heterocycles. The third-order valence-electron chi connectivity index (χ3n) is 4.75. The SMILES string of the molecule is CC(C(=O)N1CCOc2c(O)cc(-c3cccnc3)cc2C1)n1ccnc1. The number of phenolic OH excluding ortho intramolecular Hbond substituents is 1. The van der Waals surface area contributed by atoms with Gasteiger partial charge in [0.15, 0.2) is 11.5 Å². The van der Waals surface area contributed by atoms with Gasteiger partial charge < -0.3 is 19.3 Å². The molecule has 7 heteroatoms. The first kappa shape index (κ1) is 17.1. The van der Waals surface area contributed by atoms with E-state index in [0.717, 1.165) is 16.7 Å². The molecule has 7 nitrogen and oxygen atoms in total. The molecule has 1 amide bonds. The molecule has 0 fully saturated rings. The molecule has 1 aromatic carbocycles. The Hall–Kier alpha value is -3.35. The number of fused-ring (bicyclic) bond motifs is 1. The molecule has 0 aliphatic carbocycles. The third-order valence-corrected chi connectivity index (χ3v) is 4.75. The van der Waals surface area contributed by atoms with Gasteiger partial charge >= 0.3 is 0 Å². The molecule has 1 unspecified atom stereocenters. The Morgan fingerprint density at radius 1 is 1.26 bits per heavy atom. The minimum Gasteiger partial charge on any atom is -0.504 e. The molecule has 1 atom stereocenters. The zero-order valence-electron chi connectivity index (χ0n) is 14.9. The van der Waals surface area contributed by atoms with Gasteiger partial charge in [-0.15, -0.1) is 0 Å². The molecule has 0 saturated carbocycles. The van der Waals surface area contributed by atoms with E-state index in [0.29, 0.717) is 25.4 Å². The average Bonchev–Trinajstić information content (AvgIpc) is 3.14. The van der Waals surface area contributed by atoms with Crippen molar-refractivity contribution in [3.63, 3.8) is 0 Å². The fraction of sp³-hybridized carbons (Fsp3) is 0.250. The van der Waals surface area contributed by atoms with Crippen LogP contribution in [0.2, 0.25) is 0 Å². The van der Waals surface area contributed by atoms with E-state index in [1.54, 1.807) is 46.6 Å². The number of pyridine rings is 1. The van der Waals surface area contributed by atoms with Gasteiger partial charge in [-0.2, -0.15) is 0 Å². The molecule has 138 valence electrons. The number of aromatic hydroxyl groups is 1. The number of hydrogen-bond acceptors (Lipinski definition) is 5. The lowest BCUT2D eigenvalue weighted by atomic mass is 10.0. The van der Waals surface area contributed by atoms with Crippen molar-refractivity contribution in [2.24, 2.45) is 0 Å². The molecular weight excluding hydrogens is 344 g/mol. The lowest BCUT2D eigenvalue weighted by Gasteiger charge is -2.24. The predicted octanol–water partition coefficient (Wildman–Crippen LogP) is 2.63. The van der Waals surface area contributed by atoms with Crippen LogP contribution in [0.15, 0.2) is 55.4 Å². The standard InChI is InChI=1S/C20H20N4O3/c1-14(24-6-5-22-13-24)20(26)23-7-8-27-19-17(12-23)9-16(10-18(19)25)15-3-2-4-21-11-15/h2-6,9-11,13-14,25H,7-8,12H2,1H3. The Labute approximate surface area is 156 Å². The van der Waals surface area contributed by atoms with Gasteiger partial charge in [-0.1, -0.05) is 6.07 Å². The molecule has 0 bridgehead atoms. The van der Waals surface area contributed by atoms with Crippen molar-refractivity contribution in [3.8, 4) is 22.6 Å². The maximum absolute atomic E-state index is 12.9. The van der Waals surface area contributed by atoms with Crippen molar-refractivity contribution >= 4 is 5.91 Å². The van der Waals surface area contributed by atoms with Gasteiger partial charge in [0.1, 0.15) is 12.6 Å². The van der Waals surface area contributed by atoms with Gasteiger partial charge in [0.25, 0.3) is 0 Å². The summed E-state index contributed by atoms with van der Waals surface area (Å²) in [6.45, 7) is 3.00. The van der Waals surface area contributed by atoms with Gasteiger partial charge in [-0.05, 0) is 30.7 Å². The number of amides is 1. The van der Waals surface area contributed by atoms with Crippen LogP contribution in [0.25, 0.3) is 11.1 Å². The summed E-state index contributed by atoms with van der Waals surface area (Å²) in [5.41, 5.74) is 2.50. The molecular formula is C20H20N4O3. The Morgan fingerprint density at radius 3 is 2.89 bits per heavy atom. The second-order valence-corrected chi connectivity index (χ2v) is 6.52. The molecule has 0 radical (unpaired) electrons. The number of phenols is 1. The van der Waals surface area contributed by atoms with Gasteiger partial charge in [0, 0.05) is 42.5 Å². The fourth-order valence-corrected chi connectivity index (χ4v) is 3.28. The molecule has 0 spiro atoms. The van der Waals surface area contributed by atoms with E-state index in [9.17, 15) is 9.90 Å². The van der Waals surface area contributed by atoms with Gasteiger partial charge in [0.2, 0.25) is 5.91 Å². The summed E-state index contributed by atoms with van der Waals surface area (Å²) in [5.74, 6) is 0.493. The molecule has 0 saturated heterocycles. The summed E-state index contributed by atoms with van der Waals surface area (Å²) >= 11 is 0. The van der Waals surface area contributed by atoms with E-state index in [4.69, 9.17) is 4.74 Å². The second-order valence-electron chi connectivity index (χ2n) is 6.52. The summed E-state index contributed by atoms with van der Waals surface area (Å²) < 4.78 is 7.52. The molecule has 4 rings (SSSR count). The molecule has 1 N–H and O–H groups in total. The van der Waals surface area contributed by atoms with Crippen LogP contribution in [0.5, 0.6) is 11.5 Å². The van der Waals surface area contributed by atoms with E-state index in [-0.39, 0.29) is 17.7 Å². The number of hydrogen-bond donors (Lipinski definition) is 1. The van der Waals surface area contributed by atoms with E-state index in [2.05, 4.69) is 9.97 Å².